The van der Waals surface area contributed by atoms with E-state index in [0.29, 0.717) is 9.24 Å². The van der Waals surface area contributed by atoms with Crippen molar-refractivity contribution in [1.82, 2.24) is 10.2 Å². The predicted molar refractivity (Wildman–Crippen MR) is 78.0 cm³/mol. The van der Waals surface area contributed by atoms with Crippen LogP contribution in [0.15, 0.2) is 36.7 Å². The molecule has 0 radical (unpaired) electrons. The highest BCUT2D eigenvalue weighted by Crippen LogP contribution is 2.37. The normalized spacial score (nSPS) is 11.7. The molecule has 4 N–H and O–H groups in total. The third kappa shape index (κ3) is 3.39. The molecule has 0 amide bonds. The second kappa shape index (κ2) is 5.67. The van der Waals surface area contributed by atoms with Gasteiger partial charge in [0.15, 0.2) is 8.68 Å². The maximum Gasteiger partial charge on any atom is 0.240 e. The van der Waals surface area contributed by atoms with Gasteiger partial charge < -0.3 is 5.73 Å². The molecule has 0 bridgehead atoms. The molecule has 1 aromatic heterocycles. The van der Waals surface area contributed by atoms with Gasteiger partial charge in [-0.2, -0.15) is 0 Å². The number of sulfonamides is 1. The fourth-order valence-electron chi connectivity index (χ4n) is 1.28. The zero-order valence-electron chi connectivity index (χ0n) is 9.73. The standard InChI is InChI=1S/C9H10N4O2S4/c1-16-8-12-13-9(18-8)17-5-3-2-4-6(7(5)10)19(11,14)15/h2-4H,10H2,1H3,(H2,11,14,15). The Kier molecular flexibility index (Phi) is 4.36. The number of hydrogen-bond acceptors (Lipinski definition) is 8. The zero-order chi connectivity index (χ0) is 14.0. The van der Waals surface area contributed by atoms with Crippen LogP contribution in [-0.2, 0) is 10.0 Å². The van der Waals surface area contributed by atoms with Crippen LogP contribution in [0.25, 0.3) is 0 Å². The molecule has 1 aromatic carbocycles. The van der Waals surface area contributed by atoms with Crippen LogP contribution in [0.4, 0.5) is 5.69 Å². The fourth-order valence-corrected chi connectivity index (χ4v) is 4.50. The Morgan fingerprint density at radius 3 is 2.53 bits per heavy atom. The molecule has 10 heteroatoms. The van der Waals surface area contributed by atoms with E-state index in [9.17, 15) is 8.42 Å². The van der Waals surface area contributed by atoms with Crippen LogP contribution in [0.5, 0.6) is 0 Å². The van der Waals surface area contributed by atoms with E-state index in [-0.39, 0.29) is 10.6 Å². The molecular formula is C9H10N4O2S4. The van der Waals surface area contributed by atoms with E-state index in [2.05, 4.69) is 10.2 Å². The van der Waals surface area contributed by atoms with E-state index in [1.807, 2.05) is 6.26 Å². The minimum absolute atomic E-state index is 0.0768. The minimum Gasteiger partial charge on any atom is -0.397 e. The van der Waals surface area contributed by atoms with Crippen LogP contribution < -0.4 is 10.9 Å². The van der Waals surface area contributed by atoms with Crippen molar-refractivity contribution in [2.24, 2.45) is 5.14 Å². The van der Waals surface area contributed by atoms with Gasteiger partial charge in [-0.1, -0.05) is 40.9 Å². The van der Waals surface area contributed by atoms with Gasteiger partial charge in [-0.25, -0.2) is 13.6 Å². The van der Waals surface area contributed by atoms with Crippen molar-refractivity contribution >= 4 is 50.6 Å². The molecule has 2 aromatic rings. The Hall–Kier alpha value is -0.810. The molecule has 0 saturated carbocycles. The van der Waals surface area contributed by atoms with Crippen LogP contribution in [0.1, 0.15) is 0 Å². The van der Waals surface area contributed by atoms with E-state index in [1.54, 1.807) is 12.1 Å². The number of nitrogens with two attached hydrogens (primary N) is 2. The van der Waals surface area contributed by atoms with Crippen molar-refractivity contribution in [3.63, 3.8) is 0 Å². The van der Waals surface area contributed by atoms with Crippen molar-refractivity contribution in [3.05, 3.63) is 18.2 Å². The molecule has 102 valence electrons. The number of anilines is 1. The first-order chi connectivity index (χ1) is 8.91. The highest BCUT2D eigenvalue weighted by Gasteiger charge is 2.16. The molecule has 0 spiro atoms. The van der Waals surface area contributed by atoms with E-state index in [0.717, 1.165) is 4.34 Å². The summed E-state index contributed by atoms with van der Waals surface area (Å²) in [5, 5.41) is 13.0. The molecule has 0 aliphatic rings. The Morgan fingerprint density at radius 2 is 1.95 bits per heavy atom. The van der Waals surface area contributed by atoms with Gasteiger partial charge in [-0.15, -0.1) is 10.2 Å². The molecule has 0 aliphatic carbocycles. The lowest BCUT2D eigenvalue weighted by Gasteiger charge is -2.07. The number of para-hydroxylation sites is 1. The summed E-state index contributed by atoms with van der Waals surface area (Å²) in [6.45, 7) is 0. The maximum absolute atomic E-state index is 11.4. The number of benzene rings is 1. The second-order valence-electron chi connectivity index (χ2n) is 3.35. The number of nitrogen functional groups attached to an aromatic ring is 1. The number of aromatic nitrogens is 2. The molecule has 6 nitrogen and oxygen atoms in total. The topological polar surface area (TPSA) is 112 Å². The van der Waals surface area contributed by atoms with Gasteiger partial charge >= 0.3 is 0 Å². The van der Waals surface area contributed by atoms with E-state index in [1.165, 1.54) is 40.9 Å². The van der Waals surface area contributed by atoms with Crippen LogP contribution in [0.2, 0.25) is 0 Å². The average molecular weight is 334 g/mol. The molecule has 1 heterocycles. The number of hydrogen-bond donors (Lipinski definition) is 2. The smallest absolute Gasteiger partial charge is 0.240 e. The quantitative estimate of drug-likeness (QED) is 0.645. The fraction of sp³-hybridized carbons (Fsp3) is 0.111. The molecule has 0 fully saturated rings. The molecule has 19 heavy (non-hydrogen) atoms. The van der Waals surface area contributed by atoms with Crippen LogP contribution in [0.3, 0.4) is 0 Å². The first kappa shape index (κ1) is 14.6. The SMILES string of the molecule is CSc1nnc(Sc2cccc(S(N)(=O)=O)c2N)s1. The average Bonchev–Trinajstić information content (AvgIpc) is 2.78. The van der Waals surface area contributed by atoms with Gasteiger partial charge in [0.05, 0.1) is 5.69 Å². The van der Waals surface area contributed by atoms with Gasteiger partial charge in [-0.05, 0) is 18.4 Å². The number of rotatable bonds is 4. The highest BCUT2D eigenvalue weighted by atomic mass is 32.2. The molecule has 0 atom stereocenters. The lowest BCUT2D eigenvalue weighted by Crippen LogP contribution is -2.14. The lowest BCUT2D eigenvalue weighted by molar-refractivity contribution is 0.598. The third-order valence-corrected chi connectivity index (χ3v) is 6.09. The molecule has 0 saturated heterocycles. The Balaban J connectivity index is 2.36. The van der Waals surface area contributed by atoms with Crippen molar-refractivity contribution in [2.75, 3.05) is 12.0 Å². The van der Waals surface area contributed by atoms with Crippen LogP contribution in [0, 0.1) is 0 Å². The summed E-state index contributed by atoms with van der Waals surface area (Å²) < 4.78 is 24.3. The number of primary sulfonamides is 1. The summed E-state index contributed by atoms with van der Waals surface area (Å²) in [6, 6.07) is 4.69. The van der Waals surface area contributed by atoms with Gasteiger partial charge in [0, 0.05) is 4.90 Å². The van der Waals surface area contributed by atoms with E-state index >= 15 is 0 Å². The minimum atomic E-state index is -3.82. The predicted octanol–water partition coefficient (Wildman–Crippen LogP) is 1.64. The summed E-state index contributed by atoms with van der Waals surface area (Å²) in [5.41, 5.74) is 5.96. The number of thioether (sulfide) groups is 1. The maximum atomic E-state index is 11.4. The summed E-state index contributed by atoms with van der Waals surface area (Å²) in [5.74, 6) is 0. The molecule has 2 rings (SSSR count). The number of nitrogens with zero attached hydrogens (tertiary/aromatic N) is 2. The van der Waals surface area contributed by atoms with Crippen molar-refractivity contribution in [2.45, 2.75) is 18.5 Å². The monoisotopic (exact) mass is 334 g/mol. The van der Waals surface area contributed by atoms with E-state index < -0.39 is 10.0 Å². The van der Waals surface area contributed by atoms with Gasteiger partial charge in [0.25, 0.3) is 0 Å². The first-order valence-electron chi connectivity index (χ1n) is 4.88. The molecular weight excluding hydrogens is 324 g/mol. The van der Waals surface area contributed by atoms with Crippen LogP contribution in [-0.4, -0.2) is 24.9 Å². The Labute approximate surface area is 123 Å². The lowest BCUT2D eigenvalue weighted by atomic mass is 10.3. The second-order valence-corrected chi connectivity index (χ2v) is 8.20. The van der Waals surface area contributed by atoms with Crippen molar-refractivity contribution in [3.8, 4) is 0 Å². The Morgan fingerprint density at radius 1 is 1.26 bits per heavy atom. The summed E-state index contributed by atoms with van der Waals surface area (Å²) >= 11 is 4.18. The summed E-state index contributed by atoms with van der Waals surface area (Å²) in [7, 11) is -3.82. The van der Waals surface area contributed by atoms with E-state index in [4.69, 9.17) is 10.9 Å². The van der Waals surface area contributed by atoms with Crippen molar-refractivity contribution in [1.29, 1.82) is 0 Å². The Bertz CT molecular complexity index is 698. The van der Waals surface area contributed by atoms with Gasteiger partial charge in [-0.3, -0.25) is 0 Å². The largest absolute Gasteiger partial charge is 0.397 e. The third-order valence-electron chi connectivity index (χ3n) is 2.09. The zero-order valence-corrected chi connectivity index (χ0v) is 13.0. The highest BCUT2D eigenvalue weighted by molar-refractivity contribution is 8.03. The first-order valence-corrected chi connectivity index (χ1v) is 9.29. The van der Waals surface area contributed by atoms with Gasteiger partial charge in [0.1, 0.15) is 4.90 Å². The summed E-state index contributed by atoms with van der Waals surface area (Å²) in [6.07, 6.45) is 1.91. The summed E-state index contributed by atoms with van der Waals surface area (Å²) in [4.78, 5) is 0.516. The van der Waals surface area contributed by atoms with Gasteiger partial charge in [0.2, 0.25) is 10.0 Å². The van der Waals surface area contributed by atoms with Crippen molar-refractivity contribution < 1.29 is 8.42 Å². The molecule has 0 aliphatic heterocycles. The van der Waals surface area contributed by atoms with Crippen LogP contribution >= 0.6 is 34.9 Å². The molecule has 0 unspecified atom stereocenters.